The van der Waals surface area contributed by atoms with E-state index in [0.29, 0.717) is 0 Å². The summed E-state index contributed by atoms with van der Waals surface area (Å²) in [6.45, 7) is 4.68. The summed E-state index contributed by atoms with van der Waals surface area (Å²) in [7, 11) is 0. The number of carbonyl (C=O) groups excluding carboxylic acids is 3. The van der Waals surface area contributed by atoms with E-state index >= 15 is 0 Å². The number of hydrogen-bond acceptors (Lipinski definition) is 6. The van der Waals surface area contributed by atoms with E-state index in [2.05, 4.69) is 6.58 Å². The molecule has 0 N–H and O–H groups in total. The zero-order valence-electron chi connectivity index (χ0n) is 11.4. The molecule has 0 aliphatic carbocycles. The monoisotopic (exact) mass is 302 g/mol. The second-order valence-electron chi connectivity index (χ2n) is 4.34. The molecule has 8 heteroatoms. The Hall–Kier alpha value is -3.29. The molecule has 8 nitrogen and oxygen atoms in total. The second kappa shape index (κ2) is 5.60. The van der Waals surface area contributed by atoms with Gasteiger partial charge in [-0.3, -0.25) is 19.7 Å². The number of nitro benzene ring substituents is 1. The van der Waals surface area contributed by atoms with Crippen molar-refractivity contribution in [3.05, 3.63) is 52.6 Å². The van der Waals surface area contributed by atoms with Gasteiger partial charge in [0.2, 0.25) is 0 Å². The topological polar surface area (TPSA) is 107 Å². The van der Waals surface area contributed by atoms with Crippen LogP contribution >= 0.6 is 0 Å². The number of hydrogen-bond donors (Lipinski definition) is 0. The highest BCUT2D eigenvalue weighted by Crippen LogP contribution is 2.35. The maximum atomic E-state index is 12.0. The third-order valence-corrected chi connectivity index (χ3v) is 2.87. The molecule has 1 aromatic carbocycles. The molecule has 112 valence electrons. The van der Waals surface area contributed by atoms with Gasteiger partial charge in [-0.25, -0.2) is 9.69 Å². The fourth-order valence-corrected chi connectivity index (χ4v) is 1.85. The highest BCUT2D eigenvalue weighted by Gasteiger charge is 2.33. The highest BCUT2D eigenvalue weighted by atomic mass is 16.6. The SMILES string of the molecule is C=CC(=O)Oc1cc([N+](=O)[O-])ccc1N1C(=O)C=C(C)C1=O. The number of benzene rings is 1. The highest BCUT2D eigenvalue weighted by molar-refractivity contribution is 6.30. The van der Waals surface area contributed by atoms with Crippen molar-refractivity contribution in [2.24, 2.45) is 0 Å². The van der Waals surface area contributed by atoms with Gasteiger partial charge in [-0.2, -0.15) is 0 Å². The molecule has 1 heterocycles. The average molecular weight is 302 g/mol. The molecule has 2 rings (SSSR count). The number of esters is 1. The van der Waals surface area contributed by atoms with Crippen LogP contribution in [0.2, 0.25) is 0 Å². The zero-order valence-corrected chi connectivity index (χ0v) is 11.4. The van der Waals surface area contributed by atoms with Crippen LogP contribution in [0, 0.1) is 10.1 Å². The average Bonchev–Trinajstić information content (AvgIpc) is 2.72. The van der Waals surface area contributed by atoms with E-state index in [1.165, 1.54) is 13.0 Å². The fraction of sp³-hybridized carbons (Fsp3) is 0.0714. The number of non-ortho nitro benzene ring substituents is 1. The summed E-state index contributed by atoms with van der Waals surface area (Å²) in [4.78, 5) is 46.1. The third-order valence-electron chi connectivity index (χ3n) is 2.87. The minimum Gasteiger partial charge on any atom is -0.421 e. The van der Waals surface area contributed by atoms with E-state index in [1.54, 1.807) is 0 Å². The minimum absolute atomic E-state index is 0.0519. The normalized spacial score (nSPS) is 13.9. The maximum absolute atomic E-state index is 12.0. The Morgan fingerprint density at radius 3 is 2.59 bits per heavy atom. The lowest BCUT2D eigenvalue weighted by Crippen LogP contribution is -2.31. The summed E-state index contributed by atoms with van der Waals surface area (Å²) in [5, 5.41) is 10.8. The lowest BCUT2D eigenvalue weighted by molar-refractivity contribution is -0.384. The molecule has 0 bridgehead atoms. The summed E-state index contributed by atoms with van der Waals surface area (Å²) in [5.41, 5.74) is -0.187. The molecule has 1 aliphatic heterocycles. The van der Waals surface area contributed by atoms with Gasteiger partial charge in [-0.1, -0.05) is 6.58 Å². The van der Waals surface area contributed by atoms with Crippen LogP contribution in [-0.2, 0) is 14.4 Å². The van der Waals surface area contributed by atoms with Crippen LogP contribution in [0.1, 0.15) is 6.92 Å². The van der Waals surface area contributed by atoms with Crippen LogP contribution in [-0.4, -0.2) is 22.7 Å². The summed E-state index contributed by atoms with van der Waals surface area (Å²) >= 11 is 0. The van der Waals surface area contributed by atoms with E-state index < -0.39 is 22.7 Å². The summed E-state index contributed by atoms with van der Waals surface area (Å²) < 4.78 is 4.90. The van der Waals surface area contributed by atoms with Crippen molar-refractivity contribution in [3.8, 4) is 5.75 Å². The number of carbonyl (C=O) groups is 3. The van der Waals surface area contributed by atoms with Crippen molar-refractivity contribution in [3.63, 3.8) is 0 Å². The molecule has 0 fully saturated rings. The summed E-state index contributed by atoms with van der Waals surface area (Å²) in [6, 6.07) is 3.24. The molecule has 2 amide bonds. The Balaban J connectivity index is 2.53. The molecule has 22 heavy (non-hydrogen) atoms. The molecule has 0 saturated heterocycles. The smallest absolute Gasteiger partial charge is 0.335 e. The van der Waals surface area contributed by atoms with E-state index in [9.17, 15) is 24.5 Å². The van der Waals surface area contributed by atoms with Gasteiger partial charge in [0.1, 0.15) is 0 Å². The molecule has 0 atom stereocenters. The number of nitro groups is 1. The lowest BCUT2D eigenvalue weighted by Gasteiger charge is -2.17. The first kappa shape index (κ1) is 15.1. The largest absolute Gasteiger partial charge is 0.421 e. The van der Waals surface area contributed by atoms with Crippen molar-refractivity contribution in [1.82, 2.24) is 0 Å². The van der Waals surface area contributed by atoms with E-state index in [4.69, 9.17) is 4.74 Å². The number of anilines is 1. The summed E-state index contributed by atoms with van der Waals surface area (Å²) in [6.07, 6.45) is 1.99. The Bertz CT molecular complexity index is 750. The third kappa shape index (κ3) is 2.62. The van der Waals surface area contributed by atoms with Crippen LogP contribution in [0.3, 0.4) is 0 Å². The first-order chi connectivity index (χ1) is 10.3. The molecule has 0 saturated carbocycles. The predicted molar refractivity (Wildman–Crippen MR) is 75.2 cm³/mol. The summed E-state index contributed by atoms with van der Waals surface area (Å²) in [5.74, 6) is -2.35. The Morgan fingerprint density at radius 1 is 1.41 bits per heavy atom. The second-order valence-corrected chi connectivity index (χ2v) is 4.34. The van der Waals surface area contributed by atoms with E-state index in [1.807, 2.05) is 0 Å². The Kier molecular flexibility index (Phi) is 3.85. The fourth-order valence-electron chi connectivity index (χ4n) is 1.85. The van der Waals surface area contributed by atoms with Crippen LogP contribution in [0.25, 0.3) is 0 Å². The number of amides is 2. The van der Waals surface area contributed by atoms with Crippen molar-refractivity contribution < 1.29 is 24.0 Å². The molecule has 0 aromatic heterocycles. The minimum atomic E-state index is -0.870. The predicted octanol–water partition coefficient (Wildman–Crippen LogP) is 1.51. The van der Waals surface area contributed by atoms with Gasteiger partial charge in [0.05, 0.1) is 16.7 Å². The first-order valence-electron chi connectivity index (χ1n) is 6.04. The van der Waals surface area contributed by atoms with Crippen molar-refractivity contribution >= 4 is 29.2 Å². The van der Waals surface area contributed by atoms with Crippen LogP contribution in [0.4, 0.5) is 11.4 Å². The molecule has 0 unspecified atom stereocenters. The Morgan fingerprint density at radius 2 is 2.09 bits per heavy atom. The lowest BCUT2D eigenvalue weighted by atomic mass is 10.2. The molecule has 1 aromatic rings. The number of imide groups is 1. The van der Waals surface area contributed by atoms with Gasteiger partial charge < -0.3 is 4.74 Å². The number of rotatable bonds is 4. The molecular formula is C14H10N2O6. The van der Waals surface area contributed by atoms with Crippen molar-refractivity contribution in [2.75, 3.05) is 4.90 Å². The number of nitrogens with zero attached hydrogens (tertiary/aromatic N) is 2. The zero-order chi connectivity index (χ0) is 16.4. The van der Waals surface area contributed by atoms with Crippen LogP contribution in [0.5, 0.6) is 5.75 Å². The maximum Gasteiger partial charge on any atom is 0.335 e. The van der Waals surface area contributed by atoms with E-state index in [-0.39, 0.29) is 22.7 Å². The molecule has 0 spiro atoms. The number of ether oxygens (including phenoxy) is 1. The first-order valence-corrected chi connectivity index (χ1v) is 6.04. The van der Waals surface area contributed by atoms with Gasteiger partial charge in [-0.15, -0.1) is 0 Å². The van der Waals surface area contributed by atoms with E-state index in [0.717, 1.165) is 29.2 Å². The van der Waals surface area contributed by atoms with Gasteiger partial charge in [-0.05, 0) is 13.0 Å². The quantitative estimate of drug-likeness (QED) is 0.208. The van der Waals surface area contributed by atoms with Gasteiger partial charge in [0.15, 0.2) is 5.75 Å². The molecular weight excluding hydrogens is 292 g/mol. The van der Waals surface area contributed by atoms with Gasteiger partial charge in [0, 0.05) is 23.8 Å². The van der Waals surface area contributed by atoms with Gasteiger partial charge in [0.25, 0.3) is 17.5 Å². The van der Waals surface area contributed by atoms with Crippen LogP contribution in [0.15, 0.2) is 42.5 Å². The van der Waals surface area contributed by atoms with Gasteiger partial charge >= 0.3 is 5.97 Å². The van der Waals surface area contributed by atoms with Crippen molar-refractivity contribution in [2.45, 2.75) is 6.92 Å². The Labute approximate surface area is 124 Å². The van der Waals surface area contributed by atoms with Crippen LogP contribution < -0.4 is 9.64 Å². The molecule has 0 radical (unpaired) electrons. The molecule has 1 aliphatic rings. The van der Waals surface area contributed by atoms with Crippen molar-refractivity contribution in [1.29, 1.82) is 0 Å². The standard InChI is InChI=1S/C14H10N2O6/c1-3-13(18)22-11-7-9(16(20)21)4-5-10(11)15-12(17)6-8(2)14(15)19/h3-7H,1H2,2H3.